The zero-order valence-electron chi connectivity index (χ0n) is 8.33. The van der Waals surface area contributed by atoms with E-state index < -0.39 is 0 Å². The number of nitrogens with one attached hydrogen (secondary N) is 2. The highest BCUT2D eigenvalue weighted by molar-refractivity contribution is 5.25. The Hall–Kier alpha value is -1.16. The van der Waals surface area contributed by atoms with Gasteiger partial charge < -0.3 is 10.6 Å². The molecule has 13 heavy (non-hydrogen) atoms. The minimum atomic E-state index is 0.371. The number of nitrogens with zero attached hydrogens (tertiary/aromatic N) is 2. The first kappa shape index (κ1) is 9.92. The molecule has 0 unspecified atom stereocenters. The summed E-state index contributed by atoms with van der Waals surface area (Å²) in [5.41, 5.74) is 1.09. The molecular formula is C9H16N4. The van der Waals surface area contributed by atoms with Crippen molar-refractivity contribution in [3.63, 3.8) is 0 Å². The largest absolute Gasteiger partial charge is 0.352 e. The summed E-state index contributed by atoms with van der Waals surface area (Å²) >= 11 is 0. The third-order valence-electron chi connectivity index (χ3n) is 1.50. The second kappa shape index (κ2) is 4.77. The highest BCUT2D eigenvalue weighted by Gasteiger charge is 1.97. The molecule has 72 valence electrons. The molecule has 1 aromatic heterocycles. The lowest BCUT2D eigenvalue weighted by Gasteiger charge is -2.07. The molecule has 0 spiro atoms. The Morgan fingerprint density at radius 1 is 1.31 bits per heavy atom. The summed E-state index contributed by atoms with van der Waals surface area (Å²) in [6.45, 7) is 4.93. The van der Waals surface area contributed by atoms with Crippen LogP contribution in [0.2, 0.25) is 0 Å². The van der Waals surface area contributed by atoms with Crippen molar-refractivity contribution in [2.45, 2.75) is 26.4 Å². The van der Waals surface area contributed by atoms with Crippen LogP contribution in [-0.4, -0.2) is 23.1 Å². The van der Waals surface area contributed by atoms with Crippen LogP contribution in [0.5, 0.6) is 0 Å². The summed E-state index contributed by atoms with van der Waals surface area (Å²) in [6.07, 6.45) is 3.66. The maximum Gasteiger partial charge on any atom is 0.222 e. The van der Waals surface area contributed by atoms with Gasteiger partial charge in [0.05, 0.1) is 0 Å². The van der Waals surface area contributed by atoms with Crippen LogP contribution in [0, 0.1) is 0 Å². The molecule has 0 bridgehead atoms. The zero-order valence-corrected chi connectivity index (χ0v) is 8.33. The lowest BCUT2D eigenvalue weighted by Crippen LogP contribution is -2.13. The maximum absolute atomic E-state index is 4.18. The maximum atomic E-state index is 4.18. The van der Waals surface area contributed by atoms with Crippen LogP contribution in [0.1, 0.15) is 19.4 Å². The van der Waals surface area contributed by atoms with E-state index in [1.807, 2.05) is 19.4 Å². The molecule has 0 aliphatic heterocycles. The van der Waals surface area contributed by atoms with E-state index in [1.54, 1.807) is 0 Å². The Morgan fingerprint density at radius 2 is 1.92 bits per heavy atom. The Kier molecular flexibility index (Phi) is 3.64. The van der Waals surface area contributed by atoms with Gasteiger partial charge in [-0.2, -0.15) is 0 Å². The van der Waals surface area contributed by atoms with Crippen molar-refractivity contribution in [2.24, 2.45) is 0 Å². The second-order valence-corrected chi connectivity index (χ2v) is 3.24. The number of anilines is 1. The Balaban J connectivity index is 2.59. The van der Waals surface area contributed by atoms with Crippen LogP contribution < -0.4 is 10.6 Å². The smallest absolute Gasteiger partial charge is 0.222 e. The average molecular weight is 180 g/mol. The molecule has 0 atom stereocenters. The van der Waals surface area contributed by atoms with Gasteiger partial charge in [-0.1, -0.05) is 0 Å². The van der Waals surface area contributed by atoms with Gasteiger partial charge in [0.15, 0.2) is 0 Å². The lowest BCUT2D eigenvalue weighted by molar-refractivity contribution is 0.802. The standard InChI is InChI=1S/C9H16N4/c1-7(2)13-9-11-5-8(4-10-3)6-12-9/h5-7,10H,4H2,1-3H3,(H,11,12,13). The van der Waals surface area contributed by atoms with Gasteiger partial charge in [0.1, 0.15) is 0 Å². The molecule has 2 N–H and O–H groups in total. The predicted octanol–water partition coefficient (Wildman–Crippen LogP) is 1.02. The fourth-order valence-electron chi connectivity index (χ4n) is 0.983. The molecule has 0 amide bonds. The van der Waals surface area contributed by atoms with Crippen molar-refractivity contribution in [2.75, 3.05) is 12.4 Å². The van der Waals surface area contributed by atoms with Crippen molar-refractivity contribution >= 4 is 5.95 Å². The summed E-state index contributed by atoms with van der Waals surface area (Å²) in [6, 6.07) is 0.371. The number of hydrogen-bond acceptors (Lipinski definition) is 4. The molecule has 0 saturated heterocycles. The Bertz CT molecular complexity index is 242. The van der Waals surface area contributed by atoms with Crippen molar-refractivity contribution in [3.8, 4) is 0 Å². The SMILES string of the molecule is CNCc1cnc(NC(C)C)nc1. The van der Waals surface area contributed by atoms with Gasteiger partial charge in [-0.05, 0) is 20.9 Å². The summed E-state index contributed by atoms with van der Waals surface area (Å²) in [5.74, 6) is 0.690. The monoisotopic (exact) mass is 180 g/mol. The van der Waals surface area contributed by atoms with Gasteiger partial charge in [-0.3, -0.25) is 0 Å². The summed E-state index contributed by atoms with van der Waals surface area (Å²) in [5, 5.41) is 6.18. The van der Waals surface area contributed by atoms with E-state index >= 15 is 0 Å². The molecule has 0 radical (unpaired) electrons. The molecule has 1 heterocycles. The van der Waals surface area contributed by atoms with Crippen LogP contribution in [0.3, 0.4) is 0 Å². The molecule has 0 aliphatic rings. The van der Waals surface area contributed by atoms with Gasteiger partial charge in [0, 0.05) is 30.5 Å². The molecule has 0 aliphatic carbocycles. The van der Waals surface area contributed by atoms with E-state index in [-0.39, 0.29) is 0 Å². The van der Waals surface area contributed by atoms with Crippen molar-refractivity contribution in [1.29, 1.82) is 0 Å². The second-order valence-electron chi connectivity index (χ2n) is 3.24. The fraction of sp³-hybridized carbons (Fsp3) is 0.556. The fourth-order valence-corrected chi connectivity index (χ4v) is 0.983. The average Bonchev–Trinajstić information content (AvgIpc) is 2.08. The Morgan fingerprint density at radius 3 is 2.38 bits per heavy atom. The predicted molar refractivity (Wildman–Crippen MR) is 53.6 cm³/mol. The van der Waals surface area contributed by atoms with Crippen LogP contribution >= 0.6 is 0 Å². The van der Waals surface area contributed by atoms with Gasteiger partial charge in [-0.25, -0.2) is 9.97 Å². The third-order valence-corrected chi connectivity index (χ3v) is 1.50. The Labute approximate surface area is 78.8 Å². The molecule has 1 aromatic rings. The third kappa shape index (κ3) is 3.38. The highest BCUT2D eigenvalue weighted by Crippen LogP contribution is 2.01. The van der Waals surface area contributed by atoms with E-state index in [4.69, 9.17) is 0 Å². The van der Waals surface area contributed by atoms with Crippen LogP contribution in [0.4, 0.5) is 5.95 Å². The van der Waals surface area contributed by atoms with E-state index in [2.05, 4.69) is 34.4 Å². The van der Waals surface area contributed by atoms with Crippen LogP contribution in [-0.2, 0) is 6.54 Å². The number of rotatable bonds is 4. The van der Waals surface area contributed by atoms with Gasteiger partial charge >= 0.3 is 0 Å². The molecule has 0 saturated carbocycles. The molecule has 4 nitrogen and oxygen atoms in total. The van der Waals surface area contributed by atoms with E-state index in [0.717, 1.165) is 12.1 Å². The molecule has 0 aromatic carbocycles. The van der Waals surface area contributed by atoms with E-state index in [1.165, 1.54) is 0 Å². The zero-order chi connectivity index (χ0) is 9.68. The summed E-state index contributed by atoms with van der Waals surface area (Å²) in [4.78, 5) is 8.35. The first-order chi connectivity index (χ1) is 6.22. The topological polar surface area (TPSA) is 49.8 Å². The van der Waals surface area contributed by atoms with Gasteiger partial charge in [-0.15, -0.1) is 0 Å². The molecule has 0 fully saturated rings. The van der Waals surface area contributed by atoms with Crippen molar-refractivity contribution in [3.05, 3.63) is 18.0 Å². The normalized spacial score (nSPS) is 10.5. The van der Waals surface area contributed by atoms with Gasteiger partial charge in [0.2, 0.25) is 5.95 Å². The van der Waals surface area contributed by atoms with E-state index in [9.17, 15) is 0 Å². The minimum Gasteiger partial charge on any atom is -0.352 e. The molecular weight excluding hydrogens is 164 g/mol. The minimum absolute atomic E-state index is 0.371. The first-order valence-corrected chi connectivity index (χ1v) is 4.44. The first-order valence-electron chi connectivity index (χ1n) is 4.44. The quantitative estimate of drug-likeness (QED) is 0.726. The number of aromatic nitrogens is 2. The van der Waals surface area contributed by atoms with E-state index in [0.29, 0.717) is 12.0 Å². The van der Waals surface area contributed by atoms with Crippen LogP contribution in [0.25, 0.3) is 0 Å². The van der Waals surface area contributed by atoms with Gasteiger partial charge in [0.25, 0.3) is 0 Å². The number of hydrogen-bond donors (Lipinski definition) is 2. The van der Waals surface area contributed by atoms with Crippen molar-refractivity contribution in [1.82, 2.24) is 15.3 Å². The molecule has 1 rings (SSSR count). The molecule has 4 heteroatoms. The highest BCUT2D eigenvalue weighted by atomic mass is 15.1. The summed E-state index contributed by atoms with van der Waals surface area (Å²) < 4.78 is 0. The van der Waals surface area contributed by atoms with Crippen LogP contribution in [0.15, 0.2) is 12.4 Å². The lowest BCUT2D eigenvalue weighted by atomic mass is 10.3. The van der Waals surface area contributed by atoms with Crippen molar-refractivity contribution < 1.29 is 0 Å². The summed E-state index contributed by atoms with van der Waals surface area (Å²) in [7, 11) is 1.90.